The highest BCUT2D eigenvalue weighted by atomic mass is 16.5. The van der Waals surface area contributed by atoms with Crippen molar-refractivity contribution in [2.45, 2.75) is 0 Å². The predicted molar refractivity (Wildman–Crippen MR) is 111 cm³/mol. The molecule has 0 radical (unpaired) electrons. The number of ether oxygens (including phenoxy) is 2. The van der Waals surface area contributed by atoms with Gasteiger partial charge in [-0.2, -0.15) is 5.26 Å². The lowest BCUT2D eigenvalue weighted by molar-refractivity contribution is 0.146. The van der Waals surface area contributed by atoms with Gasteiger partial charge in [-0.15, -0.1) is 0 Å². The van der Waals surface area contributed by atoms with Gasteiger partial charge in [0.2, 0.25) is 0 Å². The van der Waals surface area contributed by atoms with Crippen molar-refractivity contribution in [3.63, 3.8) is 0 Å². The van der Waals surface area contributed by atoms with E-state index in [0.29, 0.717) is 18.8 Å². The number of nitriles is 1. The number of aromatic nitrogens is 2. The van der Waals surface area contributed by atoms with Crippen molar-refractivity contribution in [1.29, 1.82) is 5.26 Å². The van der Waals surface area contributed by atoms with Gasteiger partial charge in [0.1, 0.15) is 12.4 Å². The maximum atomic E-state index is 9.84. The van der Waals surface area contributed by atoms with Crippen LogP contribution in [0.25, 0.3) is 33.3 Å². The summed E-state index contributed by atoms with van der Waals surface area (Å²) in [6.45, 7) is 1.00. The van der Waals surface area contributed by atoms with E-state index in [1.54, 1.807) is 13.3 Å². The molecule has 0 spiro atoms. The molecule has 4 rings (SSSR count). The number of hydrogen-bond donors (Lipinski definition) is 1. The van der Waals surface area contributed by atoms with Crippen LogP contribution in [0, 0.1) is 11.3 Å². The zero-order chi connectivity index (χ0) is 19.3. The molecule has 0 aliphatic carbocycles. The molecular weight excluding hydrogens is 350 g/mol. The Hall–Kier alpha value is -3.62. The third-order valence-corrected chi connectivity index (χ3v) is 4.63. The number of fused-ring (bicyclic) bond motifs is 2. The zero-order valence-corrected chi connectivity index (χ0v) is 15.5. The summed E-state index contributed by atoms with van der Waals surface area (Å²) in [5.74, 6) is 0.749. The van der Waals surface area contributed by atoms with Crippen LogP contribution in [-0.2, 0) is 4.74 Å². The Morgan fingerprint density at radius 3 is 2.96 bits per heavy atom. The van der Waals surface area contributed by atoms with Crippen LogP contribution < -0.4 is 4.74 Å². The second-order valence-corrected chi connectivity index (χ2v) is 6.36. The molecular formula is C23H19N3O2. The Balaban J connectivity index is 1.77. The number of methoxy groups -OCH3 is 1. The summed E-state index contributed by atoms with van der Waals surface area (Å²) in [6, 6.07) is 16.1. The first-order chi connectivity index (χ1) is 13.8. The second-order valence-electron chi connectivity index (χ2n) is 6.36. The molecule has 4 aromatic rings. The second kappa shape index (κ2) is 7.95. The van der Waals surface area contributed by atoms with E-state index in [1.807, 2.05) is 60.9 Å². The molecule has 5 heteroatoms. The summed E-state index contributed by atoms with van der Waals surface area (Å²) in [5.41, 5.74) is 3.38. The van der Waals surface area contributed by atoms with E-state index in [1.165, 1.54) is 0 Å². The molecule has 0 aliphatic rings. The summed E-state index contributed by atoms with van der Waals surface area (Å²) < 4.78 is 10.7. The van der Waals surface area contributed by atoms with E-state index < -0.39 is 0 Å². The van der Waals surface area contributed by atoms with E-state index in [4.69, 9.17) is 9.47 Å². The van der Waals surface area contributed by atoms with Crippen molar-refractivity contribution >= 4 is 33.3 Å². The fourth-order valence-electron chi connectivity index (χ4n) is 3.25. The molecule has 0 atom stereocenters. The lowest BCUT2D eigenvalue weighted by Crippen LogP contribution is -2.03. The van der Waals surface area contributed by atoms with Crippen LogP contribution in [0.15, 0.2) is 61.1 Å². The summed E-state index contributed by atoms with van der Waals surface area (Å²) >= 11 is 0. The molecule has 28 heavy (non-hydrogen) atoms. The van der Waals surface area contributed by atoms with Crippen LogP contribution in [0.1, 0.15) is 11.1 Å². The predicted octanol–water partition coefficient (Wildman–Crippen LogP) is 4.81. The zero-order valence-electron chi connectivity index (χ0n) is 15.5. The molecule has 5 nitrogen and oxygen atoms in total. The molecule has 2 heterocycles. The normalized spacial score (nSPS) is 11.6. The van der Waals surface area contributed by atoms with E-state index in [0.717, 1.165) is 38.6 Å². The number of aromatic amines is 1. The SMILES string of the molecule is COCCOc1ccc2[nH]cc(C(C#N)=Cc3cccc4cnccc34)c2c1. The van der Waals surface area contributed by atoms with Gasteiger partial charge in [0.05, 0.1) is 18.2 Å². The van der Waals surface area contributed by atoms with Gasteiger partial charge < -0.3 is 14.5 Å². The highest BCUT2D eigenvalue weighted by Gasteiger charge is 2.11. The van der Waals surface area contributed by atoms with E-state index in [2.05, 4.69) is 16.0 Å². The third-order valence-electron chi connectivity index (χ3n) is 4.63. The lowest BCUT2D eigenvalue weighted by Gasteiger charge is -2.06. The number of allylic oxidation sites excluding steroid dienone is 1. The largest absolute Gasteiger partial charge is 0.491 e. The first kappa shape index (κ1) is 17.8. The number of H-pyrrole nitrogens is 1. The average Bonchev–Trinajstić information content (AvgIpc) is 3.15. The van der Waals surface area contributed by atoms with Gasteiger partial charge in [-0.1, -0.05) is 18.2 Å². The van der Waals surface area contributed by atoms with Gasteiger partial charge in [-0.25, -0.2) is 0 Å². The molecule has 0 bridgehead atoms. The Bertz CT molecular complexity index is 1200. The van der Waals surface area contributed by atoms with Crippen molar-refractivity contribution in [2.75, 3.05) is 20.3 Å². The monoisotopic (exact) mass is 369 g/mol. The van der Waals surface area contributed by atoms with Gasteiger partial charge >= 0.3 is 0 Å². The van der Waals surface area contributed by atoms with Crippen LogP contribution in [-0.4, -0.2) is 30.3 Å². The number of pyridine rings is 1. The molecule has 138 valence electrons. The molecule has 0 saturated heterocycles. The molecule has 0 unspecified atom stereocenters. The van der Waals surface area contributed by atoms with Crippen LogP contribution in [0.2, 0.25) is 0 Å². The number of benzene rings is 2. The van der Waals surface area contributed by atoms with Crippen molar-refractivity contribution < 1.29 is 9.47 Å². The summed E-state index contributed by atoms with van der Waals surface area (Å²) in [5, 5.41) is 12.9. The van der Waals surface area contributed by atoms with Gasteiger partial charge in [0.15, 0.2) is 0 Å². The average molecular weight is 369 g/mol. The fraction of sp³-hybridized carbons (Fsp3) is 0.130. The Kier molecular flexibility index (Phi) is 5.05. The molecule has 0 fully saturated rings. The first-order valence-corrected chi connectivity index (χ1v) is 8.98. The molecule has 1 N–H and O–H groups in total. The molecule has 2 aromatic heterocycles. The molecule has 2 aromatic carbocycles. The lowest BCUT2D eigenvalue weighted by atomic mass is 10.00. The van der Waals surface area contributed by atoms with Gasteiger partial charge in [-0.05, 0) is 41.3 Å². The minimum Gasteiger partial charge on any atom is -0.491 e. The van der Waals surface area contributed by atoms with Crippen molar-refractivity contribution in [2.24, 2.45) is 0 Å². The fourth-order valence-corrected chi connectivity index (χ4v) is 3.25. The quantitative estimate of drug-likeness (QED) is 0.391. The summed E-state index contributed by atoms with van der Waals surface area (Å²) in [4.78, 5) is 7.41. The van der Waals surface area contributed by atoms with Crippen LogP contribution >= 0.6 is 0 Å². The van der Waals surface area contributed by atoms with Crippen molar-refractivity contribution in [3.8, 4) is 11.8 Å². The van der Waals surface area contributed by atoms with Gasteiger partial charge in [0, 0.05) is 47.6 Å². The highest BCUT2D eigenvalue weighted by molar-refractivity contribution is 6.04. The number of rotatable bonds is 6. The standard InChI is InChI=1S/C23H19N3O2/c1-27-9-10-28-19-5-6-23-21(12-19)22(15-26-23)18(13-24)11-16-3-2-4-17-14-25-8-7-20(16)17/h2-8,11-12,14-15,26H,9-10H2,1H3. The van der Waals surface area contributed by atoms with Crippen LogP contribution in [0.5, 0.6) is 5.75 Å². The smallest absolute Gasteiger partial charge is 0.120 e. The maximum absolute atomic E-state index is 9.84. The molecule has 0 aliphatic heterocycles. The minimum atomic E-state index is 0.479. The highest BCUT2D eigenvalue weighted by Crippen LogP contribution is 2.30. The van der Waals surface area contributed by atoms with Crippen molar-refractivity contribution in [3.05, 3.63) is 72.2 Å². The molecule has 0 saturated carbocycles. The Morgan fingerprint density at radius 1 is 1.18 bits per heavy atom. The maximum Gasteiger partial charge on any atom is 0.120 e. The van der Waals surface area contributed by atoms with E-state index in [9.17, 15) is 5.26 Å². The van der Waals surface area contributed by atoms with Gasteiger partial charge in [0.25, 0.3) is 0 Å². The first-order valence-electron chi connectivity index (χ1n) is 8.98. The van der Waals surface area contributed by atoms with Crippen LogP contribution in [0.3, 0.4) is 0 Å². The van der Waals surface area contributed by atoms with Gasteiger partial charge in [-0.3, -0.25) is 4.98 Å². The number of nitrogens with one attached hydrogen (secondary N) is 1. The third kappa shape index (κ3) is 3.46. The Morgan fingerprint density at radius 2 is 2.11 bits per heavy atom. The topological polar surface area (TPSA) is 70.9 Å². The minimum absolute atomic E-state index is 0.479. The number of hydrogen-bond acceptors (Lipinski definition) is 4. The van der Waals surface area contributed by atoms with E-state index in [-0.39, 0.29) is 0 Å². The Labute approximate surface area is 162 Å². The number of nitrogens with zero attached hydrogens (tertiary/aromatic N) is 2. The van der Waals surface area contributed by atoms with Crippen LogP contribution in [0.4, 0.5) is 0 Å². The summed E-state index contributed by atoms with van der Waals surface area (Å²) in [7, 11) is 1.64. The van der Waals surface area contributed by atoms with Crippen molar-refractivity contribution in [1.82, 2.24) is 9.97 Å². The summed E-state index contributed by atoms with van der Waals surface area (Å²) in [6.07, 6.45) is 7.38. The molecule has 0 amide bonds. The van der Waals surface area contributed by atoms with E-state index >= 15 is 0 Å².